The van der Waals surface area contributed by atoms with Crippen molar-refractivity contribution in [3.8, 4) is 6.07 Å². The van der Waals surface area contributed by atoms with E-state index in [2.05, 4.69) is 24.9 Å². The van der Waals surface area contributed by atoms with Gasteiger partial charge in [-0.25, -0.2) is 9.88 Å². The first-order valence-electron chi connectivity index (χ1n) is 8.58. The average Bonchev–Trinajstić information content (AvgIpc) is 2.89. The topological polar surface area (TPSA) is 74.1 Å². The predicted molar refractivity (Wildman–Crippen MR) is 106 cm³/mol. The number of pyridine rings is 1. The number of carbonyl (C=O) groups is 2. The maximum absolute atomic E-state index is 12.8. The van der Waals surface area contributed by atoms with Crippen molar-refractivity contribution >= 4 is 40.9 Å². The van der Waals surface area contributed by atoms with E-state index in [1.807, 2.05) is 6.07 Å². The highest BCUT2D eigenvalue weighted by Gasteiger charge is 2.40. The number of benzene rings is 1. The van der Waals surface area contributed by atoms with Gasteiger partial charge in [-0.2, -0.15) is 5.26 Å². The summed E-state index contributed by atoms with van der Waals surface area (Å²) in [5, 5.41) is 9.80. The van der Waals surface area contributed by atoms with Gasteiger partial charge in [0, 0.05) is 17.1 Å². The molecule has 1 saturated heterocycles. The first-order valence-corrected chi connectivity index (χ1v) is 9.84. The molecule has 2 heterocycles. The van der Waals surface area contributed by atoms with Crippen LogP contribution in [0.2, 0.25) is 5.02 Å². The standard InChI is InChI=1S/C20H18ClN3O2S/c1-12(2)9-15-6-3-13(11-22)19(23-15)27-17-10-18(25)24(20(17)26)16-7-4-14(21)5-8-16/h3-8,12,17H,9-10H2,1-2H3/t17-/m0/s1. The number of nitrogens with zero attached hydrogens (tertiary/aromatic N) is 3. The summed E-state index contributed by atoms with van der Waals surface area (Å²) in [4.78, 5) is 31.0. The second kappa shape index (κ2) is 8.12. The van der Waals surface area contributed by atoms with Crippen LogP contribution < -0.4 is 4.90 Å². The van der Waals surface area contributed by atoms with Gasteiger partial charge in [-0.3, -0.25) is 9.59 Å². The fourth-order valence-electron chi connectivity index (χ4n) is 2.88. The summed E-state index contributed by atoms with van der Waals surface area (Å²) >= 11 is 7.07. The molecule has 27 heavy (non-hydrogen) atoms. The number of carbonyl (C=O) groups excluding carboxylic acids is 2. The van der Waals surface area contributed by atoms with Crippen molar-refractivity contribution in [3.63, 3.8) is 0 Å². The Morgan fingerprint density at radius 2 is 1.96 bits per heavy atom. The lowest BCUT2D eigenvalue weighted by atomic mass is 10.1. The van der Waals surface area contributed by atoms with Gasteiger partial charge < -0.3 is 0 Å². The van der Waals surface area contributed by atoms with Gasteiger partial charge in [0.2, 0.25) is 11.8 Å². The molecular formula is C20H18ClN3O2S. The number of aromatic nitrogens is 1. The maximum atomic E-state index is 12.8. The van der Waals surface area contributed by atoms with Crippen molar-refractivity contribution < 1.29 is 9.59 Å². The number of amides is 2. The quantitative estimate of drug-likeness (QED) is 0.703. The van der Waals surface area contributed by atoms with Gasteiger partial charge in [-0.15, -0.1) is 0 Å². The SMILES string of the molecule is CC(C)Cc1ccc(C#N)c(S[C@H]2CC(=O)N(c3ccc(Cl)cc3)C2=O)n1. The van der Waals surface area contributed by atoms with Gasteiger partial charge in [0.15, 0.2) is 0 Å². The molecule has 0 spiro atoms. The number of imide groups is 1. The van der Waals surface area contributed by atoms with Crippen molar-refractivity contribution in [2.24, 2.45) is 5.92 Å². The van der Waals surface area contributed by atoms with Crippen molar-refractivity contribution in [3.05, 3.63) is 52.7 Å². The molecule has 1 atom stereocenters. The Morgan fingerprint density at radius 1 is 1.26 bits per heavy atom. The molecule has 0 radical (unpaired) electrons. The molecular weight excluding hydrogens is 382 g/mol. The monoisotopic (exact) mass is 399 g/mol. The Balaban J connectivity index is 1.84. The number of hydrogen-bond donors (Lipinski definition) is 0. The fourth-order valence-corrected chi connectivity index (χ4v) is 4.12. The van der Waals surface area contributed by atoms with Gasteiger partial charge in [0.05, 0.1) is 16.5 Å². The molecule has 1 aromatic carbocycles. The number of halogens is 1. The highest BCUT2D eigenvalue weighted by Crippen LogP contribution is 2.35. The molecule has 1 aliphatic heterocycles. The minimum Gasteiger partial charge on any atom is -0.274 e. The summed E-state index contributed by atoms with van der Waals surface area (Å²) in [7, 11) is 0. The zero-order valence-corrected chi connectivity index (χ0v) is 16.5. The molecule has 0 bridgehead atoms. The van der Waals surface area contributed by atoms with E-state index >= 15 is 0 Å². The number of thioether (sulfide) groups is 1. The summed E-state index contributed by atoms with van der Waals surface area (Å²) in [6.07, 6.45) is 0.862. The molecule has 3 rings (SSSR count). The lowest BCUT2D eigenvalue weighted by molar-refractivity contribution is -0.121. The Kier molecular flexibility index (Phi) is 5.83. The van der Waals surface area contributed by atoms with Crippen LogP contribution in [0.5, 0.6) is 0 Å². The molecule has 0 N–H and O–H groups in total. The van der Waals surface area contributed by atoms with Gasteiger partial charge >= 0.3 is 0 Å². The van der Waals surface area contributed by atoms with Crippen LogP contribution >= 0.6 is 23.4 Å². The van der Waals surface area contributed by atoms with Crippen LogP contribution in [0.15, 0.2) is 41.4 Å². The van der Waals surface area contributed by atoms with E-state index in [0.29, 0.717) is 27.2 Å². The van der Waals surface area contributed by atoms with Gasteiger partial charge in [0.1, 0.15) is 11.1 Å². The van der Waals surface area contributed by atoms with Crippen molar-refractivity contribution in [1.82, 2.24) is 4.98 Å². The second-order valence-electron chi connectivity index (χ2n) is 6.72. The van der Waals surface area contributed by atoms with E-state index in [0.717, 1.165) is 12.1 Å². The zero-order valence-electron chi connectivity index (χ0n) is 15.0. The number of anilines is 1. The van der Waals surface area contributed by atoms with Gasteiger partial charge in [-0.05, 0) is 48.7 Å². The predicted octanol–water partition coefficient (Wildman–Crippen LogP) is 4.23. The molecule has 1 aromatic heterocycles. The Morgan fingerprint density at radius 3 is 2.59 bits per heavy atom. The largest absolute Gasteiger partial charge is 0.274 e. The van der Waals surface area contributed by atoms with Crippen LogP contribution in [0.3, 0.4) is 0 Å². The molecule has 0 aliphatic carbocycles. The first kappa shape index (κ1) is 19.4. The first-order chi connectivity index (χ1) is 12.9. The molecule has 1 fully saturated rings. The van der Waals surface area contributed by atoms with Crippen LogP contribution in [0.4, 0.5) is 5.69 Å². The molecule has 0 saturated carbocycles. The highest BCUT2D eigenvalue weighted by atomic mass is 35.5. The number of hydrogen-bond acceptors (Lipinski definition) is 5. The van der Waals surface area contributed by atoms with Crippen LogP contribution in [0.25, 0.3) is 0 Å². The molecule has 7 heteroatoms. The Labute approximate surface area is 167 Å². The molecule has 5 nitrogen and oxygen atoms in total. The highest BCUT2D eigenvalue weighted by molar-refractivity contribution is 8.00. The van der Waals surface area contributed by atoms with E-state index in [9.17, 15) is 14.9 Å². The third-order valence-electron chi connectivity index (χ3n) is 4.10. The van der Waals surface area contributed by atoms with Crippen LogP contribution in [-0.4, -0.2) is 22.0 Å². The molecule has 0 unspecified atom stereocenters. The van der Waals surface area contributed by atoms with E-state index in [1.54, 1.807) is 30.3 Å². The minimum absolute atomic E-state index is 0.0765. The summed E-state index contributed by atoms with van der Waals surface area (Å²) in [5.74, 6) is -0.137. The van der Waals surface area contributed by atoms with Crippen molar-refractivity contribution in [2.45, 2.75) is 37.0 Å². The summed E-state index contributed by atoms with van der Waals surface area (Å²) in [5.41, 5.74) is 1.79. The zero-order chi connectivity index (χ0) is 19.6. The Hall–Kier alpha value is -2.36. The smallest absolute Gasteiger partial charge is 0.247 e. The van der Waals surface area contributed by atoms with Crippen LogP contribution in [-0.2, 0) is 16.0 Å². The van der Waals surface area contributed by atoms with Crippen molar-refractivity contribution in [2.75, 3.05) is 4.90 Å². The van der Waals surface area contributed by atoms with Gasteiger partial charge in [-0.1, -0.05) is 37.2 Å². The van der Waals surface area contributed by atoms with E-state index < -0.39 is 5.25 Å². The fraction of sp³-hybridized carbons (Fsp3) is 0.300. The second-order valence-corrected chi connectivity index (χ2v) is 8.35. The Bertz CT molecular complexity index is 922. The van der Waals surface area contributed by atoms with Gasteiger partial charge in [0.25, 0.3) is 0 Å². The number of rotatable bonds is 5. The molecule has 1 aliphatic rings. The molecule has 2 amide bonds. The van der Waals surface area contributed by atoms with E-state index in [1.165, 1.54) is 16.7 Å². The normalized spacial score (nSPS) is 16.9. The lowest BCUT2D eigenvalue weighted by Crippen LogP contribution is -2.31. The third kappa shape index (κ3) is 4.32. The summed E-state index contributed by atoms with van der Waals surface area (Å²) in [6, 6.07) is 12.3. The average molecular weight is 400 g/mol. The third-order valence-corrected chi connectivity index (χ3v) is 5.54. The molecule has 2 aromatic rings. The summed E-state index contributed by atoms with van der Waals surface area (Å²) < 4.78 is 0. The van der Waals surface area contributed by atoms with Crippen LogP contribution in [0.1, 0.15) is 31.5 Å². The summed E-state index contributed by atoms with van der Waals surface area (Å²) in [6.45, 7) is 4.19. The molecule has 138 valence electrons. The lowest BCUT2D eigenvalue weighted by Gasteiger charge is -2.15. The van der Waals surface area contributed by atoms with E-state index in [-0.39, 0.29) is 18.2 Å². The van der Waals surface area contributed by atoms with E-state index in [4.69, 9.17) is 11.6 Å². The minimum atomic E-state index is -0.595. The number of nitriles is 1. The van der Waals surface area contributed by atoms with Crippen LogP contribution in [0, 0.1) is 17.2 Å². The maximum Gasteiger partial charge on any atom is 0.247 e. The van der Waals surface area contributed by atoms with Crippen molar-refractivity contribution in [1.29, 1.82) is 5.26 Å².